The first-order chi connectivity index (χ1) is 10.9. The molecule has 0 bridgehead atoms. The number of sulfonamides is 1. The summed E-state index contributed by atoms with van der Waals surface area (Å²) < 4.78 is 45.2. The number of ether oxygens (including phenoxy) is 1. The Morgan fingerprint density at radius 3 is 2.39 bits per heavy atom. The number of carbonyl (C=O) groups excluding carboxylic acids is 1. The van der Waals surface area contributed by atoms with Crippen LogP contribution in [0.25, 0.3) is 0 Å². The molecule has 2 saturated heterocycles. The molecule has 1 aromatic carbocycles. The van der Waals surface area contributed by atoms with Crippen LogP contribution in [0.15, 0.2) is 29.2 Å². The minimum Gasteiger partial charge on any atom is -0.461 e. The number of carbonyl (C=O) groups is 1. The van der Waals surface area contributed by atoms with Gasteiger partial charge >= 0.3 is 5.97 Å². The molecule has 2 atom stereocenters. The van der Waals surface area contributed by atoms with Crippen molar-refractivity contribution < 1.29 is 22.3 Å². The maximum absolute atomic E-state index is 13.8. The first kappa shape index (κ1) is 16.4. The van der Waals surface area contributed by atoms with Crippen LogP contribution in [0, 0.1) is 5.82 Å². The molecule has 0 amide bonds. The van der Waals surface area contributed by atoms with Crippen LogP contribution in [0.5, 0.6) is 0 Å². The Kier molecular flexibility index (Phi) is 4.39. The van der Waals surface area contributed by atoms with Crippen molar-refractivity contribution in [3.05, 3.63) is 30.1 Å². The molecule has 23 heavy (non-hydrogen) atoms. The Hall–Kier alpha value is -1.51. The summed E-state index contributed by atoms with van der Waals surface area (Å²) in [6.45, 7) is 3.17. The topological polar surface area (TPSA) is 66.9 Å². The SMILES string of the molecule is CC1CC(N2CCN(S(=O)(=O)c3ccccc3F)CC2)C(=O)O1. The monoisotopic (exact) mass is 342 g/mol. The van der Waals surface area contributed by atoms with Crippen molar-refractivity contribution in [2.24, 2.45) is 0 Å². The number of piperazine rings is 1. The van der Waals surface area contributed by atoms with Crippen molar-refractivity contribution in [1.29, 1.82) is 0 Å². The van der Waals surface area contributed by atoms with E-state index in [0.717, 1.165) is 6.07 Å². The molecule has 2 unspecified atom stereocenters. The molecule has 0 radical (unpaired) electrons. The van der Waals surface area contributed by atoms with Gasteiger partial charge in [0.25, 0.3) is 0 Å². The van der Waals surface area contributed by atoms with Crippen molar-refractivity contribution in [1.82, 2.24) is 9.21 Å². The average Bonchev–Trinajstić information content (AvgIpc) is 2.86. The molecule has 8 heteroatoms. The Morgan fingerprint density at radius 2 is 1.83 bits per heavy atom. The van der Waals surface area contributed by atoms with Crippen molar-refractivity contribution >= 4 is 16.0 Å². The smallest absolute Gasteiger partial charge is 0.323 e. The van der Waals surface area contributed by atoms with Crippen LogP contribution >= 0.6 is 0 Å². The van der Waals surface area contributed by atoms with Crippen LogP contribution in [-0.4, -0.2) is 61.9 Å². The molecular formula is C15H19FN2O4S. The van der Waals surface area contributed by atoms with Gasteiger partial charge in [0.05, 0.1) is 0 Å². The highest BCUT2D eigenvalue weighted by Crippen LogP contribution is 2.24. The minimum absolute atomic E-state index is 0.104. The van der Waals surface area contributed by atoms with Crippen molar-refractivity contribution in [3.8, 4) is 0 Å². The predicted octanol–water partition coefficient (Wildman–Crippen LogP) is 0.836. The molecule has 0 aromatic heterocycles. The third-order valence-electron chi connectivity index (χ3n) is 4.31. The van der Waals surface area contributed by atoms with Crippen LogP contribution in [-0.2, 0) is 19.6 Å². The second kappa shape index (κ2) is 6.18. The summed E-state index contributed by atoms with van der Waals surface area (Å²) in [6, 6.07) is 5.07. The largest absolute Gasteiger partial charge is 0.461 e. The molecule has 1 aromatic rings. The zero-order valence-corrected chi connectivity index (χ0v) is 13.6. The molecule has 0 saturated carbocycles. The molecule has 2 heterocycles. The number of nitrogens with zero attached hydrogens (tertiary/aromatic N) is 2. The number of cyclic esters (lactones) is 1. The lowest BCUT2D eigenvalue weighted by atomic mass is 10.1. The highest BCUT2D eigenvalue weighted by Gasteiger charge is 2.39. The molecule has 0 N–H and O–H groups in total. The number of esters is 1. The molecular weight excluding hydrogens is 323 g/mol. The highest BCUT2D eigenvalue weighted by molar-refractivity contribution is 7.89. The van der Waals surface area contributed by atoms with Gasteiger partial charge in [0.15, 0.2) is 0 Å². The van der Waals surface area contributed by atoms with Crippen LogP contribution in [0.4, 0.5) is 4.39 Å². The van der Waals surface area contributed by atoms with Gasteiger partial charge in [-0.3, -0.25) is 9.69 Å². The van der Waals surface area contributed by atoms with Gasteiger partial charge in [0.2, 0.25) is 10.0 Å². The first-order valence-corrected chi connectivity index (χ1v) is 9.03. The van der Waals surface area contributed by atoms with E-state index < -0.39 is 15.8 Å². The van der Waals surface area contributed by atoms with E-state index >= 15 is 0 Å². The molecule has 6 nitrogen and oxygen atoms in total. The summed E-state index contributed by atoms with van der Waals surface area (Å²) in [4.78, 5) is 13.4. The summed E-state index contributed by atoms with van der Waals surface area (Å²) >= 11 is 0. The highest BCUT2D eigenvalue weighted by atomic mass is 32.2. The van der Waals surface area contributed by atoms with Crippen LogP contribution in [0.3, 0.4) is 0 Å². The van der Waals surface area contributed by atoms with Crippen molar-refractivity contribution in [2.45, 2.75) is 30.4 Å². The van der Waals surface area contributed by atoms with E-state index in [1.54, 1.807) is 0 Å². The van der Waals surface area contributed by atoms with Crippen molar-refractivity contribution in [2.75, 3.05) is 26.2 Å². The lowest BCUT2D eigenvalue weighted by Gasteiger charge is -2.35. The van der Waals surface area contributed by atoms with E-state index in [1.807, 2.05) is 11.8 Å². The number of hydrogen-bond donors (Lipinski definition) is 0. The Bertz CT molecular complexity index is 701. The quantitative estimate of drug-likeness (QED) is 0.762. The number of halogens is 1. The Morgan fingerprint density at radius 1 is 1.17 bits per heavy atom. The molecule has 2 aliphatic heterocycles. The van der Waals surface area contributed by atoms with E-state index in [-0.39, 0.29) is 36.1 Å². The molecule has 0 spiro atoms. The lowest BCUT2D eigenvalue weighted by molar-refractivity contribution is -0.145. The second-order valence-electron chi connectivity index (χ2n) is 5.87. The van der Waals surface area contributed by atoms with Crippen LogP contribution in [0.1, 0.15) is 13.3 Å². The minimum atomic E-state index is -3.85. The molecule has 3 rings (SSSR count). The summed E-state index contributed by atoms with van der Waals surface area (Å²) in [5.41, 5.74) is 0. The van der Waals surface area contributed by atoms with Gasteiger partial charge in [-0.05, 0) is 19.1 Å². The predicted molar refractivity (Wildman–Crippen MR) is 80.7 cm³/mol. The lowest BCUT2D eigenvalue weighted by Crippen LogP contribution is -2.53. The van der Waals surface area contributed by atoms with Gasteiger partial charge in [-0.1, -0.05) is 12.1 Å². The summed E-state index contributed by atoms with van der Waals surface area (Å²) in [7, 11) is -3.85. The summed E-state index contributed by atoms with van der Waals surface area (Å²) in [5, 5.41) is 0. The zero-order valence-electron chi connectivity index (χ0n) is 12.8. The van der Waals surface area contributed by atoms with E-state index in [2.05, 4.69) is 0 Å². The normalized spacial score (nSPS) is 27.1. The fraction of sp³-hybridized carbons (Fsp3) is 0.533. The van der Waals surface area contributed by atoms with Gasteiger partial charge in [0, 0.05) is 32.6 Å². The zero-order chi connectivity index (χ0) is 16.6. The maximum Gasteiger partial charge on any atom is 0.323 e. The standard InChI is InChI=1S/C15H19FN2O4S/c1-11-10-13(15(19)22-11)17-6-8-18(9-7-17)23(20,21)14-5-3-2-4-12(14)16/h2-5,11,13H,6-10H2,1H3. The van der Waals surface area contributed by atoms with E-state index in [1.165, 1.54) is 22.5 Å². The molecule has 126 valence electrons. The third-order valence-corrected chi connectivity index (χ3v) is 6.24. The Labute approximate surface area is 134 Å². The number of rotatable bonds is 3. The fourth-order valence-corrected chi connectivity index (χ4v) is 4.57. The fourth-order valence-electron chi connectivity index (χ4n) is 3.08. The third kappa shape index (κ3) is 3.11. The Balaban J connectivity index is 1.69. The van der Waals surface area contributed by atoms with Gasteiger partial charge < -0.3 is 4.74 Å². The van der Waals surface area contributed by atoms with E-state index in [9.17, 15) is 17.6 Å². The molecule has 2 aliphatic rings. The van der Waals surface area contributed by atoms with E-state index in [4.69, 9.17) is 4.74 Å². The summed E-state index contributed by atoms with van der Waals surface area (Å²) in [5.74, 6) is -0.994. The second-order valence-corrected chi connectivity index (χ2v) is 7.78. The van der Waals surface area contributed by atoms with Crippen LogP contribution < -0.4 is 0 Å². The van der Waals surface area contributed by atoms with Crippen molar-refractivity contribution in [3.63, 3.8) is 0 Å². The average molecular weight is 342 g/mol. The van der Waals surface area contributed by atoms with Gasteiger partial charge in [0.1, 0.15) is 22.9 Å². The maximum atomic E-state index is 13.8. The first-order valence-electron chi connectivity index (χ1n) is 7.59. The van der Waals surface area contributed by atoms with Crippen LogP contribution in [0.2, 0.25) is 0 Å². The number of benzene rings is 1. The van der Waals surface area contributed by atoms with Gasteiger partial charge in [-0.15, -0.1) is 0 Å². The molecule has 0 aliphatic carbocycles. The number of hydrogen-bond acceptors (Lipinski definition) is 5. The van der Waals surface area contributed by atoms with Gasteiger partial charge in [-0.25, -0.2) is 12.8 Å². The van der Waals surface area contributed by atoms with E-state index in [0.29, 0.717) is 19.5 Å². The van der Waals surface area contributed by atoms with Gasteiger partial charge in [-0.2, -0.15) is 4.31 Å². The summed E-state index contributed by atoms with van der Waals surface area (Å²) in [6.07, 6.45) is 0.520. The molecule has 2 fully saturated rings.